The third-order valence-corrected chi connectivity index (χ3v) is 6.84. The van der Waals surface area contributed by atoms with Gasteiger partial charge >= 0.3 is 0 Å². The first-order valence-corrected chi connectivity index (χ1v) is 12.7. The summed E-state index contributed by atoms with van der Waals surface area (Å²) in [6, 6.07) is 16.7. The number of nitrogens with one attached hydrogen (secondary N) is 1. The Morgan fingerprint density at radius 1 is 1.16 bits per heavy atom. The van der Waals surface area contributed by atoms with Crippen LogP contribution < -0.4 is 20.7 Å². The summed E-state index contributed by atoms with van der Waals surface area (Å²) in [5, 5.41) is 13.3. The molecule has 5 rings (SSSR count). The van der Waals surface area contributed by atoms with Gasteiger partial charge in [0.25, 0.3) is 0 Å². The van der Waals surface area contributed by atoms with Gasteiger partial charge in [0.1, 0.15) is 11.8 Å². The molecule has 0 atom stereocenters. The summed E-state index contributed by atoms with van der Waals surface area (Å²) in [4.78, 5) is 2.35. The first-order chi connectivity index (χ1) is 18.6. The van der Waals surface area contributed by atoms with Crippen molar-refractivity contribution in [2.24, 2.45) is 11.1 Å². The van der Waals surface area contributed by atoms with Crippen LogP contribution in [0.25, 0.3) is 11.3 Å². The molecule has 0 amide bonds. The van der Waals surface area contributed by atoms with E-state index in [0.29, 0.717) is 37.7 Å². The molecule has 2 aromatic carbocycles. The second kappa shape index (κ2) is 12.4. The van der Waals surface area contributed by atoms with Gasteiger partial charge in [-0.1, -0.05) is 25.1 Å². The fraction of sp³-hybridized carbons (Fsp3) is 0.323. The quantitative estimate of drug-likeness (QED) is 0.545. The van der Waals surface area contributed by atoms with E-state index >= 15 is 0 Å². The van der Waals surface area contributed by atoms with Gasteiger partial charge in [0.2, 0.25) is 0 Å². The van der Waals surface area contributed by atoms with E-state index in [1.165, 1.54) is 5.69 Å². The first-order valence-electron chi connectivity index (χ1n) is 12.7. The molecule has 3 aliphatic rings. The minimum Gasteiger partial charge on any atom is -0.491 e. The molecule has 0 spiro atoms. The molecule has 0 bridgehead atoms. The maximum Gasteiger partial charge on any atom is 0.137 e. The maximum atomic E-state index is 9.78. The van der Waals surface area contributed by atoms with Crippen molar-refractivity contribution in [2.45, 2.75) is 6.92 Å². The van der Waals surface area contributed by atoms with E-state index in [1.54, 1.807) is 6.20 Å². The number of morpholine rings is 1. The molecule has 7 heteroatoms. The van der Waals surface area contributed by atoms with Crippen molar-refractivity contribution in [3.8, 4) is 24.7 Å². The minimum atomic E-state index is 0.0118. The van der Waals surface area contributed by atoms with Crippen molar-refractivity contribution in [3.05, 3.63) is 83.1 Å². The number of anilines is 1. The van der Waals surface area contributed by atoms with Crippen molar-refractivity contribution in [1.82, 2.24) is 5.32 Å². The molecule has 0 aliphatic carbocycles. The van der Waals surface area contributed by atoms with E-state index in [1.807, 2.05) is 24.3 Å². The van der Waals surface area contributed by atoms with Gasteiger partial charge in [-0.25, -0.2) is 0 Å². The molecule has 3 N–H and O–H groups in total. The summed E-state index contributed by atoms with van der Waals surface area (Å²) in [7, 11) is 0. The van der Waals surface area contributed by atoms with E-state index in [-0.39, 0.29) is 5.41 Å². The summed E-state index contributed by atoms with van der Waals surface area (Å²) >= 11 is 0. The molecule has 2 saturated heterocycles. The number of terminal acetylenes is 1. The van der Waals surface area contributed by atoms with Gasteiger partial charge in [0.15, 0.2) is 0 Å². The van der Waals surface area contributed by atoms with E-state index in [0.717, 1.165) is 54.3 Å². The highest BCUT2D eigenvalue weighted by molar-refractivity contribution is 5.84. The number of hydrogen-bond acceptors (Lipinski definition) is 7. The second-order valence-corrected chi connectivity index (χ2v) is 9.77. The summed E-state index contributed by atoms with van der Waals surface area (Å²) in [6.07, 6.45) is 13.6. The van der Waals surface area contributed by atoms with Gasteiger partial charge in [-0.05, 0) is 64.9 Å². The third kappa shape index (κ3) is 6.03. The van der Waals surface area contributed by atoms with Gasteiger partial charge < -0.3 is 30.2 Å². The Morgan fingerprint density at radius 2 is 1.89 bits per heavy atom. The molecule has 0 saturated carbocycles. The average Bonchev–Trinajstić information content (AvgIpc) is 3.45. The Balaban J connectivity index is 0.00000164. The Morgan fingerprint density at radius 3 is 2.53 bits per heavy atom. The summed E-state index contributed by atoms with van der Waals surface area (Å²) < 4.78 is 16.8. The van der Waals surface area contributed by atoms with Crippen LogP contribution in [0.1, 0.15) is 23.6 Å². The van der Waals surface area contributed by atoms with Crippen LogP contribution in [0.3, 0.4) is 0 Å². The lowest BCUT2D eigenvalue weighted by Gasteiger charge is -2.37. The topological polar surface area (TPSA) is 92.8 Å². The Kier molecular flexibility index (Phi) is 8.76. The molecule has 3 aliphatic heterocycles. The predicted octanol–water partition coefficient (Wildman–Crippen LogP) is 3.93. The Labute approximate surface area is 225 Å². The van der Waals surface area contributed by atoms with Crippen LogP contribution in [0.5, 0.6) is 5.75 Å². The maximum absolute atomic E-state index is 9.78. The zero-order valence-electron chi connectivity index (χ0n) is 21.8. The van der Waals surface area contributed by atoms with Crippen LogP contribution >= 0.6 is 0 Å². The van der Waals surface area contributed by atoms with Crippen LogP contribution in [0.4, 0.5) is 5.69 Å². The standard InChI is InChI=1S/C29H32N4O3.C2H2/c1-29(18-35-19-29)20-36-28-7-4-22(14-23(28)16-31)26(8-9-30)24-15-27(32-17-24)21-2-5-25(6-3-21)33-10-12-34-13-11-33;1-2/h2-9,14-15,32H,10-13,17-20,30H2,1H3;1-2H/b9-8-,26-24+;. The highest BCUT2D eigenvalue weighted by atomic mass is 16.5. The van der Waals surface area contributed by atoms with Crippen molar-refractivity contribution in [3.63, 3.8) is 0 Å². The van der Waals surface area contributed by atoms with Crippen LogP contribution in [0.2, 0.25) is 0 Å². The molecular weight excluding hydrogens is 476 g/mol. The van der Waals surface area contributed by atoms with Gasteiger partial charge in [0.05, 0.1) is 38.6 Å². The van der Waals surface area contributed by atoms with Crippen molar-refractivity contribution in [2.75, 3.05) is 57.6 Å². The lowest BCUT2D eigenvalue weighted by molar-refractivity contribution is -0.120. The van der Waals surface area contributed by atoms with E-state index in [2.05, 4.69) is 66.4 Å². The minimum absolute atomic E-state index is 0.0118. The molecule has 0 unspecified atom stereocenters. The summed E-state index contributed by atoms with van der Waals surface area (Å²) in [5.74, 6) is 0.594. The molecular formula is C31H34N4O3. The highest BCUT2D eigenvalue weighted by Gasteiger charge is 2.34. The monoisotopic (exact) mass is 510 g/mol. The first kappa shape index (κ1) is 26.9. The highest BCUT2D eigenvalue weighted by Crippen LogP contribution is 2.32. The molecule has 2 aromatic rings. The molecule has 2 fully saturated rings. The van der Waals surface area contributed by atoms with E-state index in [9.17, 15) is 5.26 Å². The van der Waals surface area contributed by atoms with Gasteiger partial charge in [-0.3, -0.25) is 0 Å². The normalized spacial score (nSPS) is 19.3. The number of benzene rings is 2. The van der Waals surface area contributed by atoms with Crippen molar-refractivity contribution in [1.29, 1.82) is 5.26 Å². The van der Waals surface area contributed by atoms with Crippen LogP contribution in [0.15, 0.2) is 66.4 Å². The Hall–Kier alpha value is -4.17. The average molecular weight is 511 g/mol. The Bertz CT molecular complexity index is 1270. The molecule has 196 valence electrons. The second-order valence-electron chi connectivity index (χ2n) is 9.77. The number of nitrogens with two attached hydrogens (primary N) is 1. The van der Waals surface area contributed by atoms with Crippen LogP contribution in [0, 0.1) is 29.6 Å². The fourth-order valence-electron chi connectivity index (χ4n) is 4.68. The fourth-order valence-corrected chi connectivity index (χ4v) is 4.68. The largest absolute Gasteiger partial charge is 0.491 e. The van der Waals surface area contributed by atoms with E-state index < -0.39 is 0 Å². The van der Waals surface area contributed by atoms with Gasteiger partial charge in [-0.15, -0.1) is 12.8 Å². The molecule has 0 radical (unpaired) electrons. The van der Waals surface area contributed by atoms with Gasteiger partial charge in [0, 0.05) is 36.4 Å². The molecule has 3 heterocycles. The lowest BCUT2D eigenvalue weighted by Crippen LogP contribution is -2.44. The summed E-state index contributed by atoms with van der Waals surface area (Å²) in [6.45, 7) is 8.08. The number of allylic oxidation sites excluding steroid dienone is 2. The van der Waals surface area contributed by atoms with Crippen LogP contribution in [-0.4, -0.2) is 52.7 Å². The van der Waals surface area contributed by atoms with Crippen LogP contribution in [-0.2, 0) is 9.47 Å². The van der Waals surface area contributed by atoms with Crippen molar-refractivity contribution >= 4 is 17.0 Å². The number of ether oxygens (including phenoxy) is 3. The number of nitrogens with zero attached hydrogens (tertiary/aromatic N) is 2. The molecule has 38 heavy (non-hydrogen) atoms. The zero-order valence-corrected chi connectivity index (χ0v) is 21.8. The summed E-state index contributed by atoms with van der Waals surface area (Å²) in [5.41, 5.74) is 12.8. The zero-order chi connectivity index (χ0) is 27.0. The number of rotatable bonds is 7. The lowest BCUT2D eigenvalue weighted by atomic mass is 9.90. The van der Waals surface area contributed by atoms with E-state index in [4.69, 9.17) is 19.9 Å². The number of hydrogen-bond donors (Lipinski definition) is 2. The third-order valence-electron chi connectivity index (χ3n) is 6.84. The smallest absolute Gasteiger partial charge is 0.137 e. The SMILES string of the molecule is C#C.CC1(COc2ccc(C(/C=C\N)=C3\C=C(c4ccc(N5CCOCC5)cc4)NC3)cc2C#N)COC1. The molecule has 7 nitrogen and oxygen atoms in total. The van der Waals surface area contributed by atoms with Crippen molar-refractivity contribution < 1.29 is 14.2 Å². The molecule has 0 aromatic heterocycles. The van der Waals surface area contributed by atoms with Gasteiger partial charge in [-0.2, -0.15) is 5.26 Å². The predicted molar refractivity (Wildman–Crippen MR) is 151 cm³/mol. The number of nitriles is 1.